The fourth-order valence-electron chi connectivity index (χ4n) is 0.0833. The van der Waals surface area contributed by atoms with Crippen LogP contribution < -0.4 is 0 Å². The maximum absolute atomic E-state index is 6.75. The minimum Gasteiger partial charge on any atom is -0.569 e. The summed E-state index contributed by atoms with van der Waals surface area (Å²) in [7, 11) is 5.35. The summed E-state index contributed by atoms with van der Waals surface area (Å²) in [6.45, 7) is 3.93. The van der Waals surface area contributed by atoms with Crippen molar-refractivity contribution in [3.63, 3.8) is 0 Å². The predicted octanol–water partition coefficient (Wildman–Crippen LogP) is 1.13. The van der Waals surface area contributed by atoms with Crippen LogP contribution in [0.3, 0.4) is 0 Å². The molecule has 3 heteroatoms. The van der Waals surface area contributed by atoms with E-state index in [9.17, 15) is 0 Å². The fraction of sp³-hybridized carbons (Fsp3) is 0.200. The summed E-state index contributed by atoms with van der Waals surface area (Å²) < 4.78 is 4.32. The van der Waals surface area contributed by atoms with Crippen LogP contribution in [0, 0.1) is 14.2 Å². The number of ether oxygens (including phenoxy) is 1. The molecule has 1 N–H and O–H groups in total. The monoisotopic (exact) mass is 369 g/mol. The molecule has 0 radical (unpaired) electrons. The molecule has 0 fully saturated rings. The van der Waals surface area contributed by atoms with Crippen molar-refractivity contribution in [2.75, 3.05) is 6.61 Å². The van der Waals surface area contributed by atoms with Gasteiger partial charge in [-0.05, 0) is 0 Å². The van der Waals surface area contributed by atoms with E-state index in [2.05, 4.69) is 25.5 Å². The molecule has 0 aliphatic rings. The van der Waals surface area contributed by atoms with Crippen molar-refractivity contribution in [1.29, 1.82) is 0 Å². The van der Waals surface area contributed by atoms with Gasteiger partial charge in [0, 0.05) is 6.61 Å². The molecule has 8 heavy (non-hydrogen) atoms. The SMILES string of the molecule is C=CCO[CH2-].[CH2-]O.[Rf]. The van der Waals surface area contributed by atoms with Crippen LogP contribution in [0.5, 0.6) is 0 Å². The summed E-state index contributed by atoms with van der Waals surface area (Å²) in [5.74, 6) is 0. The molecule has 0 amide bonds. The Balaban J connectivity index is -0.0000000750. The van der Waals surface area contributed by atoms with E-state index in [0.29, 0.717) is 6.61 Å². The molecule has 0 atom stereocenters. The van der Waals surface area contributed by atoms with E-state index in [1.165, 1.54) is 0 Å². The Morgan fingerprint density at radius 1 is 1.62 bits per heavy atom. The van der Waals surface area contributed by atoms with E-state index in [1.807, 2.05) is 0 Å². The standard InChI is InChI=1S/C4H7O.CH3O.Rf/c1-3-4-5-2;1-2;/h3H,1-2,4H2;2H,1H2;/q2*-1;. The molecule has 46 valence electrons. The van der Waals surface area contributed by atoms with E-state index < -0.39 is 0 Å². The van der Waals surface area contributed by atoms with Gasteiger partial charge >= 0.3 is 0 Å². The van der Waals surface area contributed by atoms with Gasteiger partial charge < -0.3 is 9.84 Å². The Labute approximate surface area is 44.4 Å². The zero-order valence-electron chi connectivity index (χ0n) is 4.97. The van der Waals surface area contributed by atoms with Gasteiger partial charge in [-0.1, -0.05) is 6.08 Å². The van der Waals surface area contributed by atoms with Gasteiger partial charge in [0.1, 0.15) is 0 Å². The van der Waals surface area contributed by atoms with Crippen molar-refractivity contribution < 1.29 is 9.84 Å². The van der Waals surface area contributed by atoms with E-state index in [-0.39, 0.29) is 0 Å². The number of hydrogen-bond donors (Lipinski definition) is 1. The van der Waals surface area contributed by atoms with Crippen molar-refractivity contribution in [1.82, 2.24) is 0 Å². The van der Waals surface area contributed by atoms with E-state index in [4.69, 9.17) is 5.11 Å². The van der Waals surface area contributed by atoms with Crippen molar-refractivity contribution in [2.24, 2.45) is 0 Å². The van der Waals surface area contributed by atoms with Gasteiger partial charge in [-0.2, -0.15) is 0 Å². The largest absolute Gasteiger partial charge is 0.569 e. The molecule has 0 spiro atoms. The summed E-state index contributed by atoms with van der Waals surface area (Å²) in [4.78, 5) is 0. The van der Waals surface area contributed by atoms with Crippen LogP contribution in [0.15, 0.2) is 12.7 Å². The van der Waals surface area contributed by atoms with Crippen LogP contribution >= 0.6 is 0 Å². The van der Waals surface area contributed by atoms with Crippen LogP contribution in [-0.4, -0.2) is 11.7 Å². The minimum atomic E-state index is 0. The average molecular weight is 369 g/mol. The second kappa shape index (κ2) is 44.6. The number of hydrogen-bond acceptors (Lipinski definition) is 2. The third-order valence-electron chi connectivity index (χ3n) is 0.236. The first-order valence-corrected chi connectivity index (χ1v) is 1.71. The van der Waals surface area contributed by atoms with Gasteiger partial charge in [-0.15, -0.1) is 6.58 Å². The molecular formula is C5H10O2Rf-2. The Kier molecular flexibility index (Phi) is 88.8. The van der Waals surface area contributed by atoms with Gasteiger partial charge in [0.2, 0.25) is 0 Å². The molecule has 2 nitrogen and oxygen atoms in total. The summed E-state index contributed by atoms with van der Waals surface area (Å²) >= 11 is 0. The molecular weight excluding hydrogens is 359 g/mol. The predicted molar refractivity (Wildman–Crippen MR) is 28.8 cm³/mol. The molecule has 0 saturated heterocycles. The normalized spacial score (nSPS) is 5.38. The second-order valence-corrected chi connectivity index (χ2v) is 0.659. The van der Waals surface area contributed by atoms with Crippen molar-refractivity contribution in [3.05, 3.63) is 26.9 Å². The van der Waals surface area contributed by atoms with Gasteiger partial charge in [0.05, 0.1) is 0 Å². The molecule has 0 aromatic carbocycles. The van der Waals surface area contributed by atoms with E-state index in [0.717, 1.165) is 0 Å². The van der Waals surface area contributed by atoms with Crippen molar-refractivity contribution >= 4 is 0 Å². The quantitative estimate of drug-likeness (QED) is 0.584. The molecule has 0 aliphatic carbocycles. The summed E-state index contributed by atoms with van der Waals surface area (Å²) in [6.07, 6.45) is 1.65. The third kappa shape index (κ3) is 143. The molecule has 0 aromatic rings. The minimum absolute atomic E-state index is 0. The molecule has 0 aliphatic heterocycles. The van der Waals surface area contributed by atoms with Crippen LogP contribution in [-0.2, 0) is 4.74 Å². The van der Waals surface area contributed by atoms with Crippen LogP contribution in [0.2, 0.25) is 0 Å². The first-order chi connectivity index (χ1) is 3.41. The Hall–Kier alpha value is -1.34. The Bertz CT molecular complexity index is 31.6. The molecule has 0 unspecified atom stereocenters. The number of rotatable bonds is 2. The zero-order valence-corrected chi connectivity index (χ0v) is 11.4. The Morgan fingerprint density at radius 3 is 2.00 bits per heavy atom. The van der Waals surface area contributed by atoms with Crippen LogP contribution in [0.1, 0.15) is 0 Å². The Morgan fingerprint density at radius 2 is 2.00 bits per heavy atom. The zero-order chi connectivity index (χ0) is 6.12. The number of aliphatic hydroxyl groups is 1. The van der Waals surface area contributed by atoms with E-state index in [1.54, 1.807) is 6.08 Å². The van der Waals surface area contributed by atoms with Gasteiger partial charge in [-0.3, -0.25) is 0 Å². The first kappa shape index (κ1) is 15.9. The number of aliphatic hydroxyl groups excluding tert-OH is 1. The summed E-state index contributed by atoms with van der Waals surface area (Å²) in [5, 5.41) is 6.75. The smallest absolute Gasteiger partial charge is 0.0298 e. The molecule has 0 saturated carbocycles. The second-order valence-electron chi connectivity index (χ2n) is 0.659. The summed E-state index contributed by atoms with van der Waals surface area (Å²) in [5.41, 5.74) is 0. The van der Waals surface area contributed by atoms with Gasteiger partial charge in [0.15, 0.2) is 0 Å². The van der Waals surface area contributed by atoms with E-state index >= 15 is 0 Å². The molecule has 0 heterocycles. The fourth-order valence-corrected chi connectivity index (χ4v) is 0.0833. The maximum Gasteiger partial charge on any atom is 0.0298 e. The first-order valence-electron chi connectivity index (χ1n) is 1.71. The average Bonchev–Trinajstić information content (AvgIpc) is 1.75. The summed E-state index contributed by atoms with van der Waals surface area (Å²) in [6, 6.07) is 0. The van der Waals surface area contributed by atoms with Crippen molar-refractivity contribution in [3.8, 4) is 0 Å². The van der Waals surface area contributed by atoms with Crippen LogP contribution in [0.25, 0.3) is 0 Å². The molecule has 0 rings (SSSR count). The maximum atomic E-state index is 6.75. The van der Waals surface area contributed by atoms with Gasteiger partial charge in [-0.25, -0.2) is 14.2 Å². The van der Waals surface area contributed by atoms with Gasteiger partial charge in [0.25, 0.3) is 0 Å². The topological polar surface area (TPSA) is 29.5 Å². The third-order valence-corrected chi connectivity index (χ3v) is 0.236. The molecule has 0 bridgehead atoms. The molecule has 0 aromatic heterocycles. The van der Waals surface area contributed by atoms with Crippen LogP contribution in [0.4, 0.5) is 0 Å². The van der Waals surface area contributed by atoms with Crippen molar-refractivity contribution in [2.45, 2.75) is 0 Å².